The van der Waals surface area contributed by atoms with E-state index >= 15 is 0 Å². The summed E-state index contributed by atoms with van der Waals surface area (Å²) in [5.41, 5.74) is 0. The highest BCUT2D eigenvalue weighted by Gasteiger charge is 2.38. The van der Waals surface area contributed by atoms with Crippen LogP contribution in [0.25, 0.3) is 0 Å². The molecule has 0 amide bonds. The Morgan fingerprint density at radius 3 is 2.88 bits per heavy atom. The fourth-order valence-electron chi connectivity index (χ4n) is 2.11. The van der Waals surface area contributed by atoms with Gasteiger partial charge in [0.1, 0.15) is 0 Å². The van der Waals surface area contributed by atoms with Crippen LogP contribution >= 0.6 is 11.3 Å². The van der Waals surface area contributed by atoms with Crippen LogP contribution in [0.5, 0.6) is 0 Å². The molecule has 1 aliphatic heterocycles. The molecule has 2 heterocycles. The van der Waals surface area contributed by atoms with Crippen molar-refractivity contribution >= 4 is 26.5 Å². The van der Waals surface area contributed by atoms with E-state index in [4.69, 9.17) is 0 Å². The van der Waals surface area contributed by atoms with Gasteiger partial charge in [0.15, 0.2) is 5.13 Å². The number of rotatable bonds is 4. The molecule has 1 saturated carbocycles. The molecule has 1 N–H and O–H groups in total. The van der Waals surface area contributed by atoms with Crippen LogP contribution in [0.4, 0.5) is 5.13 Å². The minimum atomic E-state index is -3.06. The lowest BCUT2D eigenvalue weighted by Crippen LogP contribution is -2.38. The maximum Gasteiger partial charge on any atom is 0.214 e. The molecule has 1 unspecified atom stereocenters. The van der Waals surface area contributed by atoms with Gasteiger partial charge in [-0.05, 0) is 19.3 Å². The van der Waals surface area contributed by atoms with Gasteiger partial charge in [-0.3, -0.25) is 0 Å². The second kappa shape index (κ2) is 4.22. The Morgan fingerprint density at radius 1 is 1.41 bits per heavy atom. The molecule has 1 aromatic rings. The van der Waals surface area contributed by atoms with E-state index in [1.807, 2.05) is 5.38 Å². The van der Waals surface area contributed by atoms with Gasteiger partial charge >= 0.3 is 0 Å². The van der Waals surface area contributed by atoms with E-state index in [-0.39, 0.29) is 11.3 Å². The molecule has 5 nitrogen and oxygen atoms in total. The molecule has 1 saturated heterocycles. The molecule has 2 fully saturated rings. The quantitative estimate of drug-likeness (QED) is 0.881. The first-order chi connectivity index (χ1) is 8.15. The van der Waals surface area contributed by atoms with Gasteiger partial charge in [0.2, 0.25) is 10.0 Å². The van der Waals surface area contributed by atoms with Crippen LogP contribution in [0.1, 0.15) is 19.3 Å². The largest absolute Gasteiger partial charge is 0.346 e. The van der Waals surface area contributed by atoms with Crippen molar-refractivity contribution < 1.29 is 8.42 Å². The first-order valence-corrected chi connectivity index (χ1v) is 8.23. The summed E-state index contributed by atoms with van der Waals surface area (Å²) < 4.78 is 26.4. The van der Waals surface area contributed by atoms with Crippen molar-refractivity contribution in [1.29, 1.82) is 0 Å². The third-order valence-electron chi connectivity index (χ3n) is 3.17. The zero-order valence-electron chi connectivity index (χ0n) is 9.37. The molecule has 17 heavy (non-hydrogen) atoms. The fourth-order valence-corrected chi connectivity index (χ4v) is 4.40. The molecule has 0 spiro atoms. The van der Waals surface area contributed by atoms with E-state index in [1.54, 1.807) is 17.5 Å². The highest BCUT2D eigenvalue weighted by Crippen LogP contribution is 2.29. The molecular weight excluding hydrogens is 258 g/mol. The number of thiazole rings is 1. The average molecular weight is 273 g/mol. The van der Waals surface area contributed by atoms with E-state index in [1.165, 1.54) is 0 Å². The van der Waals surface area contributed by atoms with Gasteiger partial charge in [-0.1, -0.05) is 0 Å². The first kappa shape index (κ1) is 11.4. The van der Waals surface area contributed by atoms with Crippen LogP contribution in [0.3, 0.4) is 0 Å². The Kier molecular flexibility index (Phi) is 2.84. The molecule has 7 heteroatoms. The second-order valence-electron chi connectivity index (χ2n) is 4.61. The smallest absolute Gasteiger partial charge is 0.214 e. The number of nitrogens with one attached hydrogen (secondary N) is 1. The third-order valence-corrected chi connectivity index (χ3v) is 6.02. The Balaban J connectivity index is 1.61. The van der Waals surface area contributed by atoms with Crippen molar-refractivity contribution in [2.24, 2.45) is 0 Å². The zero-order chi connectivity index (χ0) is 11.9. The number of sulfonamides is 1. The number of nitrogens with zero attached hydrogens (tertiary/aromatic N) is 2. The Labute approximate surface area is 105 Å². The topological polar surface area (TPSA) is 62.3 Å². The minimum Gasteiger partial charge on any atom is -0.346 e. The monoisotopic (exact) mass is 273 g/mol. The van der Waals surface area contributed by atoms with Crippen molar-refractivity contribution in [3.63, 3.8) is 0 Å². The lowest BCUT2D eigenvalue weighted by Gasteiger charge is -2.15. The summed E-state index contributed by atoms with van der Waals surface area (Å²) in [5.74, 6) is 0. The summed E-state index contributed by atoms with van der Waals surface area (Å²) in [6.07, 6.45) is 4.28. The molecule has 0 aromatic carbocycles. The minimum absolute atomic E-state index is 0.0458. The van der Waals surface area contributed by atoms with Crippen LogP contribution in [0.15, 0.2) is 11.6 Å². The Bertz CT molecular complexity index is 482. The van der Waals surface area contributed by atoms with E-state index < -0.39 is 10.0 Å². The molecular formula is C10H15N3O2S2. The highest BCUT2D eigenvalue weighted by molar-refractivity contribution is 7.90. The van der Waals surface area contributed by atoms with Crippen molar-refractivity contribution in [3.8, 4) is 0 Å². The predicted octanol–water partition coefficient (Wildman–Crippen LogP) is 0.804. The van der Waals surface area contributed by atoms with Crippen molar-refractivity contribution in [3.05, 3.63) is 11.6 Å². The maximum absolute atomic E-state index is 11.8. The molecule has 0 bridgehead atoms. The molecule has 1 aliphatic carbocycles. The predicted molar refractivity (Wildman–Crippen MR) is 67.8 cm³/mol. The van der Waals surface area contributed by atoms with Gasteiger partial charge in [-0.2, -0.15) is 0 Å². The molecule has 1 aromatic heterocycles. The number of hydrogen-bond donors (Lipinski definition) is 1. The second-order valence-corrected chi connectivity index (χ2v) is 7.47. The number of hydrogen-bond acceptors (Lipinski definition) is 5. The molecule has 0 radical (unpaired) electrons. The first-order valence-electron chi connectivity index (χ1n) is 5.81. The van der Waals surface area contributed by atoms with Gasteiger partial charge in [0.25, 0.3) is 0 Å². The van der Waals surface area contributed by atoms with E-state index in [2.05, 4.69) is 14.6 Å². The highest BCUT2D eigenvalue weighted by atomic mass is 32.2. The average Bonchev–Trinajstić information content (AvgIpc) is 2.84. The molecule has 94 valence electrons. The molecule has 1 atom stereocenters. The lowest BCUT2D eigenvalue weighted by atomic mass is 10.3. The summed E-state index contributed by atoms with van der Waals surface area (Å²) in [7, 11) is -3.06. The van der Waals surface area contributed by atoms with Crippen molar-refractivity contribution in [1.82, 2.24) is 9.71 Å². The molecule has 3 rings (SSSR count). The Hall–Kier alpha value is -0.660. The lowest BCUT2D eigenvalue weighted by molar-refractivity contribution is 0.560. The zero-order valence-corrected chi connectivity index (χ0v) is 11.0. The van der Waals surface area contributed by atoms with Gasteiger partial charge in [0.05, 0.1) is 5.25 Å². The van der Waals surface area contributed by atoms with Gasteiger partial charge in [-0.15, -0.1) is 11.3 Å². The summed E-state index contributed by atoms with van der Waals surface area (Å²) in [4.78, 5) is 6.39. The van der Waals surface area contributed by atoms with Crippen LogP contribution in [-0.2, 0) is 10.0 Å². The summed E-state index contributed by atoms with van der Waals surface area (Å²) >= 11 is 1.60. The SMILES string of the molecule is O=S(=O)(NC1CCN(c2nccs2)C1)C1CC1. The third kappa shape index (κ3) is 2.46. The number of aromatic nitrogens is 1. The molecule has 2 aliphatic rings. The van der Waals surface area contributed by atoms with Gasteiger partial charge in [-0.25, -0.2) is 18.1 Å². The van der Waals surface area contributed by atoms with Gasteiger partial charge < -0.3 is 4.90 Å². The van der Waals surface area contributed by atoms with Crippen LogP contribution in [0, 0.1) is 0 Å². The van der Waals surface area contributed by atoms with Gasteiger partial charge in [0, 0.05) is 30.7 Å². The van der Waals surface area contributed by atoms with Crippen LogP contribution in [0.2, 0.25) is 0 Å². The summed E-state index contributed by atoms with van der Waals surface area (Å²) in [6.45, 7) is 1.62. The summed E-state index contributed by atoms with van der Waals surface area (Å²) in [6, 6.07) is 0.0458. The fraction of sp³-hybridized carbons (Fsp3) is 0.700. The van der Waals surface area contributed by atoms with Crippen LogP contribution in [-0.4, -0.2) is 37.8 Å². The Morgan fingerprint density at radius 2 is 2.24 bits per heavy atom. The standard InChI is InChI=1S/C10H15N3O2S2/c14-17(15,9-1-2-9)12-8-3-5-13(7-8)10-11-4-6-16-10/h4,6,8-9,12H,1-3,5,7H2. The van der Waals surface area contributed by atoms with E-state index in [9.17, 15) is 8.42 Å². The van der Waals surface area contributed by atoms with E-state index in [0.717, 1.165) is 37.5 Å². The van der Waals surface area contributed by atoms with Crippen molar-refractivity contribution in [2.75, 3.05) is 18.0 Å². The van der Waals surface area contributed by atoms with Crippen molar-refractivity contribution in [2.45, 2.75) is 30.6 Å². The normalized spacial score (nSPS) is 25.4. The summed E-state index contributed by atoms with van der Waals surface area (Å²) in [5, 5.41) is 2.80. The number of anilines is 1. The maximum atomic E-state index is 11.8. The van der Waals surface area contributed by atoms with E-state index in [0.29, 0.717) is 0 Å². The van der Waals surface area contributed by atoms with Crippen LogP contribution < -0.4 is 9.62 Å².